The van der Waals surface area contributed by atoms with Crippen molar-refractivity contribution in [2.75, 3.05) is 11.9 Å². The largest absolute Gasteiger partial charge is 0.456 e. The summed E-state index contributed by atoms with van der Waals surface area (Å²) in [7, 11) is 1.74. The number of aromatic nitrogens is 3. The highest BCUT2D eigenvalue weighted by molar-refractivity contribution is 7.18. The molecule has 0 saturated heterocycles. The summed E-state index contributed by atoms with van der Waals surface area (Å²) in [6.45, 7) is 1.30. The third-order valence-electron chi connectivity index (χ3n) is 5.29. The summed E-state index contributed by atoms with van der Waals surface area (Å²) in [4.78, 5) is 41.8. The summed E-state index contributed by atoms with van der Waals surface area (Å²) in [5, 5.41) is 3.55. The topological polar surface area (TPSA) is 95.2 Å². The van der Waals surface area contributed by atoms with E-state index in [1.54, 1.807) is 30.0 Å². The molecular weight excluding hydrogens is 440 g/mol. The van der Waals surface area contributed by atoms with Crippen LogP contribution in [0.2, 0.25) is 0 Å². The molecule has 1 amide bonds. The normalized spacial score (nSPS) is 11.0. The number of hydrogen-bond donors (Lipinski definition) is 1. The second kappa shape index (κ2) is 9.83. The first-order valence-electron chi connectivity index (χ1n) is 10.6. The van der Waals surface area contributed by atoms with Gasteiger partial charge >= 0.3 is 5.97 Å². The van der Waals surface area contributed by atoms with Crippen LogP contribution < -0.4 is 10.9 Å². The molecule has 0 spiro atoms. The zero-order valence-electron chi connectivity index (χ0n) is 18.4. The Balaban J connectivity index is 1.28. The van der Waals surface area contributed by atoms with Crippen LogP contribution in [0.1, 0.15) is 23.5 Å². The van der Waals surface area contributed by atoms with Gasteiger partial charge in [0.2, 0.25) is 0 Å². The molecule has 0 atom stereocenters. The first-order chi connectivity index (χ1) is 15.9. The van der Waals surface area contributed by atoms with Gasteiger partial charge in [0.1, 0.15) is 5.69 Å². The molecule has 0 saturated carbocycles. The highest BCUT2D eigenvalue weighted by atomic mass is 32.1. The van der Waals surface area contributed by atoms with Crippen LogP contribution in [0, 0.1) is 6.92 Å². The van der Waals surface area contributed by atoms with E-state index < -0.39 is 18.5 Å². The second-order valence-corrected chi connectivity index (χ2v) is 8.69. The molecule has 0 bridgehead atoms. The fraction of sp³-hybridized carbons (Fsp3) is 0.250. The van der Waals surface area contributed by atoms with Crippen LogP contribution in [0.3, 0.4) is 0 Å². The average Bonchev–Trinajstić information content (AvgIpc) is 3.32. The fourth-order valence-electron chi connectivity index (χ4n) is 3.52. The Bertz CT molecular complexity index is 1320. The Kier molecular flexibility index (Phi) is 6.69. The van der Waals surface area contributed by atoms with E-state index in [0.29, 0.717) is 24.2 Å². The summed E-state index contributed by atoms with van der Waals surface area (Å²) in [6.07, 6.45) is 1.44. The number of anilines is 1. The van der Waals surface area contributed by atoms with Crippen LogP contribution in [-0.2, 0) is 27.8 Å². The number of thiazole rings is 1. The lowest BCUT2D eigenvalue weighted by molar-refractivity contribution is -0.147. The number of para-hydroxylation sites is 2. The molecule has 2 aromatic heterocycles. The molecule has 0 unspecified atom stereocenters. The van der Waals surface area contributed by atoms with Gasteiger partial charge in [0.15, 0.2) is 6.61 Å². The van der Waals surface area contributed by atoms with Crippen molar-refractivity contribution in [2.24, 2.45) is 7.05 Å². The van der Waals surface area contributed by atoms with E-state index in [2.05, 4.69) is 10.3 Å². The van der Waals surface area contributed by atoms with Gasteiger partial charge in [0.25, 0.3) is 11.5 Å². The Morgan fingerprint density at radius 3 is 2.58 bits per heavy atom. The van der Waals surface area contributed by atoms with Crippen LogP contribution in [0.4, 0.5) is 5.69 Å². The van der Waals surface area contributed by atoms with Gasteiger partial charge in [-0.15, -0.1) is 11.3 Å². The van der Waals surface area contributed by atoms with Crippen molar-refractivity contribution in [1.29, 1.82) is 0 Å². The third kappa shape index (κ3) is 5.04. The number of amides is 1. The molecule has 0 aliphatic rings. The summed E-state index contributed by atoms with van der Waals surface area (Å²) in [6, 6.07) is 17.0. The van der Waals surface area contributed by atoms with E-state index >= 15 is 0 Å². The average molecular weight is 465 g/mol. The molecule has 2 aromatic carbocycles. The van der Waals surface area contributed by atoms with Gasteiger partial charge in [-0.25, -0.2) is 9.67 Å². The van der Waals surface area contributed by atoms with Gasteiger partial charge in [-0.1, -0.05) is 30.3 Å². The van der Waals surface area contributed by atoms with Gasteiger partial charge in [-0.3, -0.25) is 19.1 Å². The van der Waals surface area contributed by atoms with Crippen molar-refractivity contribution in [3.63, 3.8) is 0 Å². The Hall–Kier alpha value is -3.72. The van der Waals surface area contributed by atoms with Crippen LogP contribution in [0.25, 0.3) is 15.9 Å². The predicted octanol–water partition coefficient (Wildman–Crippen LogP) is 3.60. The van der Waals surface area contributed by atoms with Crippen molar-refractivity contribution >= 4 is 39.1 Å². The molecule has 2 heterocycles. The zero-order chi connectivity index (χ0) is 23.4. The SMILES string of the molecule is Cc1c(NC(=O)COC(=O)CCCc2nc3ccccc3s2)c(=O)n(-c2ccccc2)n1C. The number of fused-ring (bicyclic) bond motifs is 1. The second-order valence-electron chi connectivity index (χ2n) is 7.57. The number of benzene rings is 2. The molecule has 170 valence electrons. The minimum Gasteiger partial charge on any atom is -0.456 e. The summed E-state index contributed by atoms with van der Waals surface area (Å²) >= 11 is 1.61. The first kappa shape index (κ1) is 22.5. The highest BCUT2D eigenvalue weighted by Crippen LogP contribution is 2.22. The third-order valence-corrected chi connectivity index (χ3v) is 6.39. The van der Waals surface area contributed by atoms with Crippen molar-refractivity contribution < 1.29 is 14.3 Å². The summed E-state index contributed by atoms with van der Waals surface area (Å²) in [5.74, 6) is -1.02. The maximum atomic E-state index is 12.8. The monoisotopic (exact) mass is 464 g/mol. The van der Waals surface area contributed by atoms with E-state index in [1.807, 2.05) is 54.6 Å². The zero-order valence-corrected chi connectivity index (χ0v) is 19.2. The van der Waals surface area contributed by atoms with Crippen LogP contribution in [0.15, 0.2) is 59.4 Å². The molecule has 1 N–H and O–H groups in total. The number of carbonyl (C=O) groups excluding carboxylic acids is 2. The molecular formula is C24H24N4O4S. The smallest absolute Gasteiger partial charge is 0.306 e. The van der Waals surface area contributed by atoms with E-state index in [9.17, 15) is 14.4 Å². The number of carbonyl (C=O) groups is 2. The van der Waals surface area contributed by atoms with E-state index in [0.717, 1.165) is 15.2 Å². The summed E-state index contributed by atoms with van der Waals surface area (Å²) in [5.41, 5.74) is 2.06. The molecule has 8 nitrogen and oxygen atoms in total. The number of aryl methyl sites for hydroxylation is 1. The molecule has 9 heteroatoms. The number of nitrogens with one attached hydrogen (secondary N) is 1. The number of ether oxygens (including phenoxy) is 1. The lowest BCUT2D eigenvalue weighted by Crippen LogP contribution is -2.25. The van der Waals surface area contributed by atoms with E-state index in [-0.39, 0.29) is 17.7 Å². The molecule has 0 fully saturated rings. The van der Waals surface area contributed by atoms with Gasteiger partial charge in [0.05, 0.1) is 26.6 Å². The van der Waals surface area contributed by atoms with Crippen molar-refractivity contribution in [1.82, 2.24) is 14.3 Å². The number of hydrogen-bond acceptors (Lipinski definition) is 6. The molecule has 0 radical (unpaired) electrons. The molecule has 33 heavy (non-hydrogen) atoms. The Morgan fingerprint density at radius 2 is 1.82 bits per heavy atom. The van der Waals surface area contributed by atoms with Crippen LogP contribution in [-0.4, -0.2) is 32.8 Å². The summed E-state index contributed by atoms with van der Waals surface area (Å²) < 4.78 is 9.35. The van der Waals surface area contributed by atoms with Gasteiger partial charge in [0, 0.05) is 13.5 Å². The first-order valence-corrected chi connectivity index (χ1v) is 11.4. The highest BCUT2D eigenvalue weighted by Gasteiger charge is 2.18. The van der Waals surface area contributed by atoms with E-state index in [4.69, 9.17) is 4.74 Å². The maximum Gasteiger partial charge on any atom is 0.306 e. The lowest BCUT2D eigenvalue weighted by Gasteiger charge is -2.07. The van der Waals surface area contributed by atoms with Crippen molar-refractivity contribution in [2.45, 2.75) is 26.2 Å². The Morgan fingerprint density at radius 1 is 1.09 bits per heavy atom. The predicted molar refractivity (Wildman–Crippen MR) is 128 cm³/mol. The molecule has 4 aromatic rings. The van der Waals surface area contributed by atoms with Crippen molar-refractivity contribution in [3.8, 4) is 5.69 Å². The van der Waals surface area contributed by atoms with E-state index in [1.165, 1.54) is 4.68 Å². The molecule has 0 aliphatic heterocycles. The van der Waals surface area contributed by atoms with Crippen LogP contribution >= 0.6 is 11.3 Å². The Labute approximate surface area is 194 Å². The van der Waals surface area contributed by atoms with Gasteiger partial charge in [-0.05, 0) is 44.0 Å². The van der Waals surface area contributed by atoms with Gasteiger partial charge in [-0.2, -0.15) is 0 Å². The molecule has 0 aliphatic carbocycles. The van der Waals surface area contributed by atoms with Crippen molar-refractivity contribution in [3.05, 3.63) is 75.7 Å². The fourth-order valence-corrected chi connectivity index (χ4v) is 4.53. The number of rotatable bonds is 8. The number of esters is 1. The minimum atomic E-state index is -0.555. The van der Waals surface area contributed by atoms with Gasteiger partial charge < -0.3 is 10.1 Å². The van der Waals surface area contributed by atoms with Crippen LogP contribution in [0.5, 0.6) is 0 Å². The quantitative estimate of drug-likeness (QED) is 0.402. The standard InChI is InChI=1S/C24H24N4O4S/c1-16-23(24(31)28(27(16)2)17-9-4-3-5-10-17)26-20(29)15-32-22(30)14-8-13-21-25-18-11-6-7-12-19(18)33-21/h3-7,9-12H,8,13-15H2,1-2H3,(H,26,29). The minimum absolute atomic E-state index is 0.165. The molecule has 4 rings (SSSR count). The lowest BCUT2D eigenvalue weighted by atomic mass is 10.2. The maximum absolute atomic E-state index is 12.8. The number of nitrogens with zero attached hydrogens (tertiary/aromatic N) is 3.